The quantitative estimate of drug-likeness (QED) is 0.765. The molecule has 2 amide bonds. The van der Waals surface area contributed by atoms with Crippen molar-refractivity contribution in [3.8, 4) is 0 Å². The predicted molar refractivity (Wildman–Crippen MR) is 68.5 cm³/mol. The Hall–Kier alpha value is -0.710. The minimum Gasteiger partial charge on any atom is -0.350 e. The van der Waals surface area contributed by atoms with E-state index in [1.54, 1.807) is 11.8 Å². The monoisotopic (exact) mass is 246 g/mol. The van der Waals surface area contributed by atoms with Crippen LogP contribution in [0.25, 0.3) is 0 Å². The van der Waals surface area contributed by atoms with E-state index >= 15 is 0 Å². The van der Waals surface area contributed by atoms with Gasteiger partial charge < -0.3 is 10.6 Å². The van der Waals surface area contributed by atoms with Gasteiger partial charge in [0.1, 0.15) is 6.04 Å². The fraction of sp³-hybridized carbons (Fsp3) is 0.818. The normalized spacial score (nSPS) is 13.1. The lowest BCUT2D eigenvalue weighted by atomic mass is 10.1. The van der Waals surface area contributed by atoms with Crippen molar-refractivity contribution in [1.82, 2.24) is 10.6 Å². The maximum absolute atomic E-state index is 11.9. The maximum atomic E-state index is 11.9. The van der Waals surface area contributed by atoms with E-state index in [0.717, 1.165) is 5.75 Å². The molecule has 0 fully saturated rings. The molecule has 0 bridgehead atoms. The molecule has 0 heterocycles. The van der Waals surface area contributed by atoms with Crippen molar-refractivity contribution in [3.63, 3.8) is 0 Å². The number of carbonyl (C=O) groups is 2. The van der Waals surface area contributed by atoms with Crippen LogP contribution in [0.2, 0.25) is 0 Å². The van der Waals surface area contributed by atoms with Crippen molar-refractivity contribution in [2.45, 2.75) is 45.7 Å². The smallest absolute Gasteiger partial charge is 0.243 e. The van der Waals surface area contributed by atoms with Gasteiger partial charge in [-0.2, -0.15) is 11.8 Å². The van der Waals surface area contributed by atoms with Gasteiger partial charge in [-0.15, -0.1) is 0 Å². The van der Waals surface area contributed by atoms with Crippen LogP contribution in [-0.2, 0) is 9.59 Å². The SMILES string of the molecule is CSCC[C@H](NC(C)=O)C(=O)NC(C)(C)C. The summed E-state index contributed by atoms with van der Waals surface area (Å²) in [5, 5.41) is 5.54. The van der Waals surface area contributed by atoms with Crippen LogP contribution in [0.1, 0.15) is 34.1 Å². The largest absolute Gasteiger partial charge is 0.350 e. The molecular formula is C11H22N2O2S. The van der Waals surface area contributed by atoms with E-state index in [1.165, 1.54) is 6.92 Å². The van der Waals surface area contributed by atoms with Crippen molar-refractivity contribution in [1.29, 1.82) is 0 Å². The summed E-state index contributed by atoms with van der Waals surface area (Å²) < 4.78 is 0. The lowest BCUT2D eigenvalue weighted by molar-refractivity contribution is -0.129. The second-order valence-corrected chi connectivity index (χ2v) is 5.76. The second kappa shape index (κ2) is 6.78. The number of nitrogens with one attached hydrogen (secondary N) is 2. The topological polar surface area (TPSA) is 58.2 Å². The Morgan fingerprint density at radius 1 is 1.31 bits per heavy atom. The minimum absolute atomic E-state index is 0.114. The number of hydrogen-bond donors (Lipinski definition) is 2. The van der Waals surface area contributed by atoms with Crippen LogP contribution < -0.4 is 10.6 Å². The summed E-state index contributed by atoms with van der Waals surface area (Å²) in [5.41, 5.74) is -0.271. The van der Waals surface area contributed by atoms with Gasteiger partial charge in [0.25, 0.3) is 0 Å². The van der Waals surface area contributed by atoms with Gasteiger partial charge in [-0.25, -0.2) is 0 Å². The Kier molecular flexibility index (Phi) is 6.48. The zero-order chi connectivity index (χ0) is 12.8. The molecule has 0 aliphatic carbocycles. The molecular weight excluding hydrogens is 224 g/mol. The molecule has 0 aliphatic heterocycles. The molecule has 4 nitrogen and oxygen atoms in total. The fourth-order valence-corrected chi connectivity index (χ4v) is 1.68. The van der Waals surface area contributed by atoms with Crippen LogP contribution in [-0.4, -0.2) is 35.4 Å². The first-order valence-corrected chi connectivity index (χ1v) is 6.73. The summed E-state index contributed by atoms with van der Waals surface area (Å²) in [5.74, 6) is 0.564. The first kappa shape index (κ1) is 15.3. The maximum Gasteiger partial charge on any atom is 0.243 e. The first-order chi connectivity index (χ1) is 7.26. The van der Waals surface area contributed by atoms with Gasteiger partial charge in [0.05, 0.1) is 0 Å². The van der Waals surface area contributed by atoms with Gasteiger partial charge in [0.2, 0.25) is 11.8 Å². The van der Waals surface area contributed by atoms with Crippen LogP contribution in [0.3, 0.4) is 0 Å². The summed E-state index contributed by atoms with van der Waals surface area (Å²) in [6, 6.07) is -0.427. The van der Waals surface area contributed by atoms with Crippen LogP contribution in [0.15, 0.2) is 0 Å². The van der Waals surface area contributed by atoms with E-state index in [0.29, 0.717) is 6.42 Å². The molecule has 0 aliphatic rings. The van der Waals surface area contributed by atoms with Gasteiger partial charge in [0, 0.05) is 12.5 Å². The molecule has 0 saturated heterocycles. The molecule has 0 radical (unpaired) electrons. The Morgan fingerprint density at radius 3 is 2.25 bits per heavy atom. The number of amides is 2. The third kappa shape index (κ3) is 7.56. The highest BCUT2D eigenvalue weighted by Crippen LogP contribution is 2.04. The lowest BCUT2D eigenvalue weighted by Gasteiger charge is -2.25. The Morgan fingerprint density at radius 2 is 1.88 bits per heavy atom. The summed E-state index contributed by atoms with van der Waals surface area (Å²) in [6.45, 7) is 7.19. The van der Waals surface area contributed by atoms with Gasteiger partial charge in [-0.1, -0.05) is 0 Å². The summed E-state index contributed by atoms with van der Waals surface area (Å²) in [6.07, 6.45) is 2.63. The highest BCUT2D eigenvalue weighted by molar-refractivity contribution is 7.98. The van der Waals surface area contributed by atoms with Gasteiger partial charge in [0.15, 0.2) is 0 Å². The Bertz CT molecular complexity index is 249. The van der Waals surface area contributed by atoms with Crippen LogP contribution >= 0.6 is 11.8 Å². The van der Waals surface area contributed by atoms with E-state index < -0.39 is 6.04 Å². The summed E-state index contributed by atoms with van der Waals surface area (Å²) >= 11 is 1.66. The van der Waals surface area contributed by atoms with E-state index in [1.807, 2.05) is 27.0 Å². The molecule has 0 aromatic heterocycles. The lowest BCUT2D eigenvalue weighted by Crippen LogP contribution is -2.52. The van der Waals surface area contributed by atoms with E-state index in [9.17, 15) is 9.59 Å². The molecule has 0 saturated carbocycles. The third-order valence-electron chi connectivity index (χ3n) is 1.80. The van der Waals surface area contributed by atoms with Crippen LogP contribution in [0.4, 0.5) is 0 Å². The summed E-state index contributed by atoms with van der Waals surface area (Å²) in [7, 11) is 0. The second-order valence-electron chi connectivity index (χ2n) is 4.77. The Labute approximate surface area is 102 Å². The van der Waals surface area contributed by atoms with E-state index in [2.05, 4.69) is 10.6 Å². The molecule has 0 unspecified atom stereocenters. The average molecular weight is 246 g/mol. The van der Waals surface area contributed by atoms with Crippen molar-refractivity contribution in [2.24, 2.45) is 0 Å². The molecule has 16 heavy (non-hydrogen) atoms. The van der Waals surface area contributed by atoms with Crippen LogP contribution in [0, 0.1) is 0 Å². The van der Waals surface area contributed by atoms with Gasteiger partial charge in [-0.3, -0.25) is 9.59 Å². The molecule has 0 spiro atoms. The first-order valence-electron chi connectivity index (χ1n) is 5.34. The Balaban J connectivity index is 4.37. The molecule has 94 valence electrons. The molecule has 5 heteroatoms. The molecule has 1 atom stereocenters. The molecule has 2 N–H and O–H groups in total. The molecule has 0 aromatic rings. The number of thioether (sulfide) groups is 1. The fourth-order valence-electron chi connectivity index (χ4n) is 1.21. The van der Waals surface area contributed by atoms with Crippen LogP contribution in [0.5, 0.6) is 0 Å². The van der Waals surface area contributed by atoms with Gasteiger partial charge in [-0.05, 0) is 39.2 Å². The van der Waals surface area contributed by atoms with Crippen molar-refractivity contribution in [3.05, 3.63) is 0 Å². The molecule has 0 rings (SSSR count). The minimum atomic E-state index is -0.427. The predicted octanol–water partition coefficient (Wildman–Crippen LogP) is 1.16. The molecule has 0 aromatic carbocycles. The van der Waals surface area contributed by atoms with E-state index in [-0.39, 0.29) is 17.4 Å². The highest BCUT2D eigenvalue weighted by Gasteiger charge is 2.22. The zero-order valence-electron chi connectivity index (χ0n) is 10.7. The van der Waals surface area contributed by atoms with Crippen molar-refractivity contribution < 1.29 is 9.59 Å². The average Bonchev–Trinajstić information content (AvgIpc) is 2.08. The van der Waals surface area contributed by atoms with Crippen molar-refractivity contribution >= 4 is 23.6 Å². The zero-order valence-corrected chi connectivity index (χ0v) is 11.5. The standard InChI is InChI=1S/C11H22N2O2S/c1-8(14)12-9(6-7-16-5)10(15)13-11(2,3)4/h9H,6-7H2,1-5H3,(H,12,14)(H,13,15)/t9-/m0/s1. The highest BCUT2D eigenvalue weighted by atomic mass is 32.2. The van der Waals surface area contributed by atoms with E-state index in [4.69, 9.17) is 0 Å². The number of rotatable bonds is 5. The third-order valence-corrected chi connectivity index (χ3v) is 2.45. The summed E-state index contributed by atoms with van der Waals surface area (Å²) in [4.78, 5) is 22.9. The number of hydrogen-bond acceptors (Lipinski definition) is 3. The number of carbonyl (C=O) groups excluding carboxylic acids is 2. The van der Waals surface area contributed by atoms with Crippen molar-refractivity contribution in [2.75, 3.05) is 12.0 Å². The van der Waals surface area contributed by atoms with Gasteiger partial charge >= 0.3 is 0 Å².